The molecule has 0 spiro atoms. The van der Waals surface area contributed by atoms with E-state index in [0.29, 0.717) is 40.6 Å². The fourth-order valence-electron chi connectivity index (χ4n) is 2.67. The first-order valence-corrected chi connectivity index (χ1v) is 8.49. The van der Waals surface area contributed by atoms with Gasteiger partial charge in [-0.15, -0.1) is 0 Å². The van der Waals surface area contributed by atoms with Crippen molar-refractivity contribution in [2.45, 2.75) is 26.4 Å². The number of rotatable bonds is 7. The third-order valence-corrected chi connectivity index (χ3v) is 4.00. The lowest BCUT2D eigenvalue weighted by Gasteiger charge is -2.09. The van der Waals surface area contributed by atoms with Crippen LogP contribution in [-0.2, 0) is 6.54 Å². The van der Waals surface area contributed by atoms with Gasteiger partial charge in [0.1, 0.15) is 22.7 Å². The fraction of sp³-hybridized carbons (Fsp3) is 0.278. The summed E-state index contributed by atoms with van der Waals surface area (Å²) in [5.41, 5.74) is 15.7. The number of ether oxygens (including phenoxy) is 1. The number of methoxy groups -OCH3 is 1. The summed E-state index contributed by atoms with van der Waals surface area (Å²) < 4.78 is 7.23. The zero-order valence-corrected chi connectivity index (χ0v) is 15.5. The zero-order chi connectivity index (χ0) is 19.4. The average Bonchev–Trinajstić information content (AvgIpc) is 3.13. The van der Waals surface area contributed by atoms with Crippen molar-refractivity contribution in [3.8, 4) is 5.75 Å². The molecule has 0 bridgehead atoms. The van der Waals surface area contributed by atoms with Crippen LogP contribution >= 0.6 is 0 Å². The number of fused-ring (bicyclic) bond motifs is 1. The number of nitrogens with zero attached hydrogens (tertiary/aromatic N) is 5. The third-order valence-electron chi connectivity index (χ3n) is 4.00. The summed E-state index contributed by atoms with van der Waals surface area (Å²) in [6, 6.07) is 7.72. The Morgan fingerprint density at radius 3 is 2.85 bits per heavy atom. The van der Waals surface area contributed by atoms with Gasteiger partial charge in [0.2, 0.25) is 5.95 Å². The van der Waals surface area contributed by atoms with Gasteiger partial charge in [0.25, 0.3) is 0 Å². The molecule has 3 aromatic rings. The van der Waals surface area contributed by atoms with Gasteiger partial charge in [-0.1, -0.05) is 12.1 Å². The van der Waals surface area contributed by atoms with E-state index in [1.807, 2.05) is 29.1 Å². The van der Waals surface area contributed by atoms with Crippen LogP contribution in [0.1, 0.15) is 31.3 Å². The molecule has 0 radical (unpaired) electrons. The molecule has 0 aliphatic carbocycles. The molecule has 1 aromatic carbocycles. The Morgan fingerprint density at radius 2 is 2.19 bits per heavy atom. The standard InChI is InChI=1S/C18H22N8O/c1-11(2)26-8-7-12(25-26)9-21-10-14(24-20)16-13-5-4-6-15(27-3)17(13)23-18(19)22-16/h4-8,10-11,20-21H,9H2,1-3H3,(H2,19,22,23)/b14-10-,24-20?. The molecule has 0 aliphatic rings. The lowest BCUT2D eigenvalue weighted by Crippen LogP contribution is -2.09. The van der Waals surface area contributed by atoms with E-state index in [1.54, 1.807) is 19.4 Å². The van der Waals surface area contributed by atoms with Crippen LogP contribution < -0.4 is 15.8 Å². The summed E-state index contributed by atoms with van der Waals surface area (Å²) in [4.78, 5) is 8.52. The quantitative estimate of drug-likeness (QED) is 0.551. The normalized spacial score (nSPS) is 11.8. The van der Waals surface area contributed by atoms with Crippen molar-refractivity contribution in [2.24, 2.45) is 5.11 Å². The summed E-state index contributed by atoms with van der Waals surface area (Å²) in [5, 5.41) is 11.9. The highest BCUT2D eigenvalue weighted by Gasteiger charge is 2.14. The first-order chi connectivity index (χ1) is 13.0. The van der Waals surface area contributed by atoms with Crippen molar-refractivity contribution in [2.75, 3.05) is 12.8 Å². The second-order valence-electron chi connectivity index (χ2n) is 6.19. The van der Waals surface area contributed by atoms with Gasteiger partial charge in [-0.3, -0.25) is 4.68 Å². The van der Waals surface area contributed by atoms with Crippen LogP contribution in [0.25, 0.3) is 16.6 Å². The predicted octanol–water partition coefficient (Wildman–Crippen LogP) is 3.12. The molecular formula is C18H22N8O. The van der Waals surface area contributed by atoms with E-state index in [1.165, 1.54) is 0 Å². The Bertz CT molecular complexity index is 992. The van der Waals surface area contributed by atoms with E-state index in [9.17, 15) is 0 Å². The fourth-order valence-corrected chi connectivity index (χ4v) is 2.67. The summed E-state index contributed by atoms with van der Waals surface area (Å²) in [6.07, 6.45) is 3.56. The number of nitrogens with two attached hydrogens (primary N) is 1. The highest BCUT2D eigenvalue weighted by atomic mass is 16.5. The van der Waals surface area contributed by atoms with Gasteiger partial charge in [-0.2, -0.15) is 10.2 Å². The first kappa shape index (κ1) is 18.3. The van der Waals surface area contributed by atoms with E-state index < -0.39 is 0 Å². The van der Waals surface area contributed by atoms with Crippen molar-refractivity contribution >= 4 is 22.5 Å². The summed E-state index contributed by atoms with van der Waals surface area (Å²) >= 11 is 0. The Hall–Kier alpha value is -3.49. The van der Waals surface area contributed by atoms with Crippen LogP contribution in [0.4, 0.5) is 5.95 Å². The molecule has 9 heteroatoms. The summed E-state index contributed by atoms with van der Waals surface area (Å²) in [5.74, 6) is 0.673. The molecule has 0 fully saturated rings. The van der Waals surface area contributed by atoms with E-state index >= 15 is 0 Å². The van der Waals surface area contributed by atoms with Crippen LogP contribution in [0.2, 0.25) is 0 Å². The number of nitrogens with one attached hydrogen (secondary N) is 2. The number of para-hydroxylation sites is 1. The molecule has 9 nitrogen and oxygen atoms in total. The molecule has 0 saturated heterocycles. The molecule has 140 valence electrons. The molecule has 0 unspecified atom stereocenters. The Labute approximate surface area is 156 Å². The van der Waals surface area contributed by atoms with E-state index in [0.717, 1.165) is 5.69 Å². The Kier molecular flexibility index (Phi) is 5.30. The number of benzene rings is 1. The SMILES string of the molecule is COc1cccc2c(/C(=C/NCc3ccn(C(C)C)n3)N=N)nc(N)nc12. The summed E-state index contributed by atoms with van der Waals surface area (Å²) in [6.45, 7) is 4.64. The van der Waals surface area contributed by atoms with Crippen LogP contribution in [0, 0.1) is 5.53 Å². The number of aromatic nitrogens is 4. The topological polar surface area (TPSA) is 127 Å². The minimum Gasteiger partial charge on any atom is -0.494 e. The van der Waals surface area contributed by atoms with Crippen molar-refractivity contribution in [3.63, 3.8) is 0 Å². The highest BCUT2D eigenvalue weighted by molar-refractivity contribution is 5.93. The Morgan fingerprint density at radius 1 is 1.37 bits per heavy atom. The van der Waals surface area contributed by atoms with E-state index in [4.69, 9.17) is 16.0 Å². The predicted molar refractivity (Wildman–Crippen MR) is 103 cm³/mol. The average molecular weight is 366 g/mol. The molecule has 2 heterocycles. The van der Waals surface area contributed by atoms with Crippen molar-refractivity contribution in [3.05, 3.63) is 48.1 Å². The van der Waals surface area contributed by atoms with Crippen LogP contribution in [0.15, 0.2) is 41.8 Å². The minimum atomic E-state index is 0.0900. The molecule has 0 aliphatic heterocycles. The molecular weight excluding hydrogens is 344 g/mol. The molecule has 0 amide bonds. The Balaban J connectivity index is 1.90. The molecule has 4 N–H and O–H groups in total. The van der Waals surface area contributed by atoms with Gasteiger partial charge in [0.05, 0.1) is 19.3 Å². The van der Waals surface area contributed by atoms with Crippen LogP contribution in [0.3, 0.4) is 0 Å². The van der Waals surface area contributed by atoms with Gasteiger partial charge < -0.3 is 15.8 Å². The van der Waals surface area contributed by atoms with E-state index in [2.05, 4.69) is 39.3 Å². The second kappa shape index (κ2) is 7.81. The minimum absolute atomic E-state index is 0.0900. The third kappa shape index (κ3) is 3.86. The number of nitrogen functional groups attached to an aromatic ring is 1. The zero-order valence-electron chi connectivity index (χ0n) is 15.5. The molecule has 0 atom stereocenters. The maximum absolute atomic E-state index is 7.55. The van der Waals surface area contributed by atoms with Gasteiger partial charge >= 0.3 is 0 Å². The second-order valence-corrected chi connectivity index (χ2v) is 6.19. The first-order valence-electron chi connectivity index (χ1n) is 8.49. The van der Waals surface area contributed by atoms with Crippen molar-refractivity contribution < 1.29 is 4.74 Å². The summed E-state index contributed by atoms with van der Waals surface area (Å²) in [7, 11) is 1.57. The molecule has 27 heavy (non-hydrogen) atoms. The van der Waals surface area contributed by atoms with Gasteiger partial charge in [0, 0.05) is 23.8 Å². The number of hydrogen-bond donors (Lipinski definition) is 3. The molecule has 0 saturated carbocycles. The van der Waals surface area contributed by atoms with E-state index in [-0.39, 0.29) is 5.95 Å². The largest absolute Gasteiger partial charge is 0.494 e. The van der Waals surface area contributed by atoms with Crippen LogP contribution in [-0.4, -0.2) is 26.9 Å². The lowest BCUT2D eigenvalue weighted by atomic mass is 10.1. The van der Waals surface area contributed by atoms with Crippen molar-refractivity contribution in [1.82, 2.24) is 25.1 Å². The lowest BCUT2D eigenvalue weighted by molar-refractivity contribution is 0.419. The smallest absolute Gasteiger partial charge is 0.221 e. The molecule has 2 aromatic heterocycles. The molecule has 3 rings (SSSR count). The maximum atomic E-state index is 7.55. The number of hydrogen-bond acceptors (Lipinski definition) is 8. The maximum Gasteiger partial charge on any atom is 0.221 e. The van der Waals surface area contributed by atoms with Gasteiger partial charge in [-0.25, -0.2) is 15.5 Å². The number of anilines is 1. The highest BCUT2D eigenvalue weighted by Crippen LogP contribution is 2.29. The van der Waals surface area contributed by atoms with Gasteiger partial charge in [-0.05, 0) is 26.0 Å². The van der Waals surface area contributed by atoms with Crippen molar-refractivity contribution in [1.29, 1.82) is 5.53 Å². The monoisotopic (exact) mass is 366 g/mol. The van der Waals surface area contributed by atoms with Crippen LogP contribution in [0.5, 0.6) is 5.75 Å². The van der Waals surface area contributed by atoms with Gasteiger partial charge in [0.15, 0.2) is 0 Å².